The zero-order chi connectivity index (χ0) is 29.1. The van der Waals surface area contributed by atoms with Crippen molar-refractivity contribution in [1.29, 1.82) is 0 Å². The van der Waals surface area contributed by atoms with Gasteiger partial charge in [0.25, 0.3) is 5.91 Å². The fourth-order valence-electron chi connectivity index (χ4n) is 8.13. The van der Waals surface area contributed by atoms with Crippen LogP contribution in [0.1, 0.15) is 72.9 Å². The molecule has 1 unspecified atom stereocenters. The van der Waals surface area contributed by atoms with Crippen LogP contribution < -0.4 is 14.4 Å². The molecule has 2 heterocycles. The summed E-state index contributed by atoms with van der Waals surface area (Å²) in [6.45, 7) is 1.94. The summed E-state index contributed by atoms with van der Waals surface area (Å²) in [7, 11) is -3.85. The topological polar surface area (TPSA) is 95.9 Å². The molecule has 0 aromatic heterocycles. The number of aliphatic hydroxyl groups excluding tert-OH is 1. The third kappa shape index (κ3) is 5.13. The number of carbonyl (C=O) groups is 1. The molecule has 42 heavy (non-hydrogen) atoms. The summed E-state index contributed by atoms with van der Waals surface area (Å²) in [5.74, 6) is 0.608. The first-order chi connectivity index (χ1) is 20.2. The Labute approximate surface area is 253 Å². The first-order valence-corrected chi connectivity index (χ1v) is 17.4. The number of amides is 1. The smallest absolute Gasteiger partial charge is 0.264 e. The Hall–Kier alpha value is -2.55. The van der Waals surface area contributed by atoms with Crippen LogP contribution in [0.4, 0.5) is 5.69 Å². The Morgan fingerprint density at radius 1 is 1.05 bits per heavy atom. The lowest BCUT2D eigenvalue weighted by molar-refractivity contribution is 0.0453. The lowest BCUT2D eigenvalue weighted by Gasteiger charge is -2.45. The van der Waals surface area contributed by atoms with Crippen LogP contribution >= 0.6 is 11.6 Å². The Bertz CT molecular complexity index is 1530. The zero-order valence-corrected chi connectivity index (χ0v) is 25.4. The van der Waals surface area contributed by atoms with E-state index in [1.54, 1.807) is 12.1 Å². The highest BCUT2D eigenvalue weighted by molar-refractivity contribution is 7.90. The van der Waals surface area contributed by atoms with Gasteiger partial charge in [0, 0.05) is 29.1 Å². The van der Waals surface area contributed by atoms with Gasteiger partial charge in [-0.1, -0.05) is 36.2 Å². The third-order valence-corrected chi connectivity index (χ3v) is 12.6. The van der Waals surface area contributed by atoms with Gasteiger partial charge >= 0.3 is 0 Å². The third-order valence-electron chi connectivity index (χ3n) is 10.6. The van der Waals surface area contributed by atoms with Gasteiger partial charge < -0.3 is 14.7 Å². The molecule has 2 fully saturated rings. The maximum atomic E-state index is 13.4. The average Bonchev–Trinajstić information content (AvgIpc) is 3.10. The maximum absolute atomic E-state index is 13.4. The summed E-state index contributed by atoms with van der Waals surface area (Å²) in [6.07, 6.45) is 11.0. The second-order valence-corrected chi connectivity index (χ2v) is 15.6. The summed E-state index contributed by atoms with van der Waals surface area (Å²) in [5.41, 5.74) is 3.39. The monoisotopic (exact) mass is 610 g/mol. The van der Waals surface area contributed by atoms with Crippen LogP contribution in [0, 0.1) is 17.8 Å². The van der Waals surface area contributed by atoms with Gasteiger partial charge in [-0.15, -0.1) is 0 Å². The van der Waals surface area contributed by atoms with E-state index in [0.717, 1.165) is 62.2 Å². The SMILES string of the molecule is O=C1NS(=O)(=O)[C@@H]2CCCC(/C=C/[C@H](O)[C@@H]3CC[C@H]3CN3C[C@@]4(CCCc5cc(Cl)ccc54)COc4ccc1cc43)C2. The molecule has 224 valence electrons. The second-order valence-electron chi connectivity index (χ2n) is 13.2. The molecule has 5 aliphatic rings. The van der Waals surface area contributed by atoms with E-state index < -0.39 is 27.3 Å². The molecule has 7 nitrogen and oxygen atoms in total. The van der Waals surface area contributed by atoms with Gasteiger partial charge in [-0.25, -0.2) is 13.1 Å². The first kappa shape index (κ1) is 28.2. The minimum absolute atomic E-state index is 0.0740. The van der Waals surface area contributed by atoms with Crippen molar-refractivity contribution in [2.45, 2.75) is 74.6 Å². The van der Waals surface area contributed by atoms with Crippen molar-refractivity contribution >= 4 is 33.2 Å². The summed E-state index contributed by atoms with van der Waals surface area (Å²) in [5, 5.41) is 11.4. The standard InChI is InChI=1S/C33H39ClN2O5S/c34-25-9-11-28-22(16-25)4-2-14-33(28)19-36-18-24-7-10-27(24)30(37)12-6-21-3-1-5-26(15-21)42(39,40)35-32(38)23-8-13-31(41-20-33)29(36)17-23/h6,8-9,11-13,16-17,21,24,26-27,30,37H,1-5,7,10,14-15,18-20H2,(H,35,38)/b12-6+/t21?,24-,26+,27+,30-,33-/m0/s1. The van der Waals surface area contributed by atoms with Gasteiger partial charge in [0.05, 0.1) is 23.6 Å². The molecule has 7 rings (SSSR count). The van der Waals surface area contributed by atoms with Gasteiger partial charge in [0.1, 0.15) is 5.75 Å². The molecular weight excluding hydrogens is 572 g/mol. The van der Waals surface area contributed by atoms with E-state index in [4.69, 9.17) is 16.3 Å². The number of hydrogen-bond donors (Lipinski definition) is 2. The van der Waals surface area contributed by atoms with Crippen LogP contribution in [0.15, 0.2) is 48.6 Å². The highest BCUT2D eigenvalue weighted by Gasteiger charge is 2.44. The Balaban J connectivity index is 1.30. The highest BCUT2D eigenvalue weighted by Crippen LogP contribution is 2.47. The number of rotatable bonds is 0. The van der Waals surface area contributed by atoms with Gasteiger partial charge in [0.2, 0.25) is 10.0 Å². The van der Waals surface area contributed by atoms with Crippen LogP contribution in [-0.2, 0) is 21.9 Å². The van der Waals surface area contributed by atoms with Crippen molar-refractivity contribution in [3.63, 3.8) is 0 Å². The number of hydrogen-bond acceptors (Lipinski definition) is 6. The summed E-state index contributed by atoms with van der Waals surface area (Å²) in [6, 6.07) is 11.5. The Morgan fingerprint density at radius 3 is 2.76 bits per heavy atom. The van der Waals surface area contributed by atoms with E-state index in [1.807, 2.05) is 24.3 Å². The maximum Gasteiger partial charge on any atom is 0.264 e. The number of ether oxygens (including phenoxy) is 1. The van der Waals surface area contributed by atoms with Crippen molar-refractivity contribution in [2.24, 2.45) is 17.8 Å². The lowest BCUT2D eigenvalue weighted by atomic mass is 9.68. The number of anilines is 1. The van der Waals surface area contributed by atoms with E-state index in [2.05, 4.69) is 21.8 Å². The zero-order valence-electron chi connectivity index (χ0n) is 23.8. The average molecular weight is 611 g/mol. The van der Waals surface area contributed by atoms with Crippen molar-refractivity contribution in [2.75, 3.05) is 24.6 Å². The summed E-state index contributed by atoms with van der Waals surface area (Å²) in [4.78, 5) is 15.7. The molecule has 1 amide bonds. The second kappa shape index (κ2) is 10.9. The van der Waals surface area contributed by atoms with E-state index >= 15 is 0 Å². The molecule has 0 saturated heterocycles. The van der Waals surface area contributed by atoms with E-state index in [9.17, 15) is 18.3 Å². The molecule has 4 bridgehead atoms. The van der Waals surface area contributed by atoms with Crippen molar-refractivity contribution in [3.05, 3.63) is 70.3 Å². The lowest BCUT2D eigenvalue weighted by Crippen LogP contribution is -2.49. The van der Waals surface area contributed by atoms with Crippen LogP contribution in [0.3, 0.4) is 0 Å². The van der Waals surface area contributed by atoms with Crippen LogP contribution in [0.25, 0.3) is 0 Å². The number of aryl methyl sites for hydroxylation is 1. The predicted molar refractivity (Wildman–Crippen MR) is 164 cm³/mol. The molecule has 2 aromatic carbocycles. The molecule has 0 radical (unpaired) electrons. The number of nitrogens with one attached hydrogen (secondary N) is 1. The fraction of sp³-hybridized carbons (Fsp3) is 0.545. The van der Waals surface area contributed by atoms with Gasteiger partial charge in [-0.3, -0.25) is 4.79 Å². The number of carbonyl (C=O) groups excluding carboxylic acids is 1. The molecule has 3 aliphatic carbocycles. The number of aliphatic hydroxyl groups is 1. The normalized spacial score (nSPS) is 34.6. The predicted octanol–water partition coefficient (Wildman–Crippen LogP) is 5.39. The molecule has 2 saturated carbocycles. The van der Waals surface area contributed by atoms with E-state index in [0.29, 0.717) is 43.2 Å². The Kier molecular flexibility index (Phi) is 7.30. The molecule has 9 heteroatoms. The minimum atomic E-state index is -3.85. The number of fused-ring (bicyclic) bond motifs is 6. The Morgan fingerprint density at radius 2 is 1.93 bits per heavy atom. The summed E-state index contributed by atoms with van der Waals surface area (Å²) < 4.78 is 35.6. The van der Waals surface area contributed by atoms with Gasteiger partial charge in [-0.05, 0) is 111 Å². The number of allylic oxidation sites excluding steroid dienone is 1. The minimum Gasteiger partial charge on any atom is -0.490 e. The van der Waals surface area contributed by atoms with E-state index in [-0.39, 0.29) is 17.3 Å². The molecular formula is C33H39ClN2O5S. The fourth-order valence-corrected chi connectivity index (χ4v) is 9.85. The first-order valence-electron chi connectivity index (χ1n) is 15.4. The highest BCUT2D eigenvalue weighted by atomic mass is 35.5. The van der Waals surface area contributed by atoms with Crippen molar-refractivity contribution in [3.8, 4) is 5.75 Å². The largest absolute Gasteiger partial charge is 0.490 e. The number of sulfonamides is 1. The van der Waals surface area contributed by atoms with E-state index in [1.165, 1.54) is 11.1 Å². The molecule has 2 N–H and O–H groups in total. The summed E-state index contributed by atoms with van der Waals surface area (Å²) >= 11 is 6.39. The van der Waals surface area contributed by atoms with Crippen molar-refractivity contribution in [1.82, 2.24) is 4.72 Å². The van der Waals surface area contributed by atoms with Crippen molar-refractivity contribution < 1.29 is 23.1 Å². The molecule has 1 spiro atoms. The number of halogens is 1. The van der Waals surface area contributed by atoms with Gasteiger partial charge in [0.15, 0.2) is 0 Å². The number of benzene rings is 2. The van der Waals surface area contributed by atoms with Crippen LogP contribution in [-0.4, -0.2) is 50.5 Å². The number of nitrogens with zero attached hydrogens (tertiary/aromatic N) is 1. The molecule has 2 aromatic rings. The van der Waals surface area contributed by atoms with Gasteiger partial charge in [-0.2, -0.15) is 0 Å². The quantitative estimate of drug-likeness (QED) is 0.389. The van der Waals surface area contributed by atoms with Crippen LogP contribution in [0.5, 0.6) is 5.75 Å². The molecule has 2 aliphatic heterocycles. The molecule has 6 atom stereocenters. The van der Waals surface area contributed by atoms with Crippen LogP contribution in [0.2, 0.25) is 5.02 Å².